The topological polar surface area (TPSA) is 26.3 Å². The van der Waals surface area contributed by atoms with Gasteiger partial charge in [-0.3, -0.25) is 0 Å². The van der Waals surface area contributed by atoms with Crippen molar-refractivity contribution in [2.75, 3.05) is 7.11 Å². The molecular formula is C9H18O2. The van der Waals surface area contributed by atoms with Crippen molar-refractivity contribution in [3.05, 3.63) is 0 Å². The van der Waals surface area contributed by atoms with Crippen LogP contribution in [0, 0.1) is 11.8 Å². The zero-order valence-electron chi connectivity index (χ0n) is 7.83. The van der Waals surface area contributed by atoms with Crippen LogP contribution in [-0.4, -0.2) is 19.5 Å². The highest BCUT2D eigenvalue weighted by Crippen LogP contribution is 2.17. The van der Waals surface area contributed by atoms with Gasteiger partial charge in [0.15, 0.2) is 0 Å². The summed E-state index contributed by atoms with van der Waals surface area (Å²) in [6, 6.07) is 0. The van der Waals surface area contributed by atoms with Gasteiger partial charge in [-0.05, 0) is 11.8 Å². The van der Waals surface area contributed by atoms with Gasteiger partial charge in [-0.2, -0.15) is 0 Å². The molecule has 0 saturated carbocycles. The third-order valence-corrected chi connectivity index (χ3v) is 1.96. The minimum absolute atomic E-state index is 0.209. The van der Waals surface area contributed by atoms with Crippen molar-refractivity contribution in [1.82, 2.24) is 0 Å². The highest BCUT2D eigenvalue weighted by atomic mass is 16.5. The Morgan fingerprint density at radius 2 is 1.91 bits per heavy atom. The fraction of sp³-hybridized carbons (Fsp3) is 0.889. The summed E-state index contributed by atoms with van der Waals surface area (Å²) >= 11 is 0. The van der Waals surface area contributed by atoms with Crippen LogP contribution in [0.15, 0.2) is 0 Å². The van der Waals surface area contributed by atoms with Crippen LogP contribution in [0.1, 0.15) is 27.2 Å². The van der Waals surface area contributed by atoms with E-state index < -0.39 is 0 Å². The maximum Gasteiger partial charge on any atom is 0.120 e. The average Bonchev–Trinajstić information content (AvgIpc) is 1.88. The average molecular weight is 158 g/mol. The summed E-state index contributed by atoms with van der Waals surface area (Å²) in [7, 11) is 1.70. The van der Waals surface area contributed by atoms with Gasteiger partial charge in [-0.25, -0.2) is 0 Å². The fourth-order valence-electron chi connectivity index (χ4n) is 1.45. The third kappa shape index (κ3) is 3.51. The van der Waals surface area contributed by atoms with Crippen LogP contribution in [0.5, 0.6) is 0 Å². The van der Waals surface area contributed by atoms with E-state index in [2.05, 4.69) is 13.8 Å². The first-order chi connectivity index (χ1) is 5.13. The molecule has 0 aliphatic carbocycles. The monoisotopic (exact) mass is 158 g/mol. The van der Waals surface area contributed by atoms with Gasteiger partial charge in [-0.15, -0.1) is 0 Å². The van der Waals surface area contributed by atoms with Crippen molar-refractivity contribution >= 4 is 6.29 Å². The zero-order chi connectivity index (χ0) is 8.85. The Kier molecular flexibility index (Phi) is 5.12. The maximum atomic E-state index is 10.2. The lowest BCUT2D eigenvalue weighted by Gasteiger charge is -2.24. The van der Waals surface area contributed by atoms with Gasteiger partial charge >= 0.3 is 0 Å². The minimum atomic E-state index is 0.209. The molecule has 2 nitrogen and oxygen atoms in total. The lowest BCUT2D eigenvalue weighted by Crippen LogP contribution is -2.26. The Morgan fingerprint density at radius 1 is 1.36 bits per heavy atom. The van der Waals surface area contributed by atoms with Crippen LogP contribution in [0.4, 0.5) is 0 Å². The number of rotatable bonds is 5. The van der Waals surface area contributed by atoms with Crippen molar-refractivity contribution < 1.29 is 9.53 Å². The number of aldehydes is 1. The van der Waals surface area contributed by atoms with Crippen molar-refractivity contribution in [3.63, 3.8) is 0 Å². The molecule has 11 heavy (non-hydrogen) atoms. The van der Waals surface area contributed by atoms with E-state index in [4.69, 9.17) is 4.74 Å². The second-order valence-corrected chi connectivity index (χ2v) is 3.32. The highest BCUT2D eigenvalue weighted by molar-refractivity contribution is 5.49. The molecule has 0 N–H and O–H groups in total. The number of ether oxygens (including phenoxy) is 1. The van der Waals surface area contributed by atoms with E-state index in [1.807, 2.05) is 6.92 Å². The zero-order valence-corrected chi connectivity index (χ0v) is 7.83. The SMILES string of the molecule is CO[C@@H](C(C)C)[C@H](C)CC=O. The Hall–Kier alpha value is -0.370. The first-order valence-electron chi connectivity index (χ1n) is 4.09. The van der Waals surface area contributed by atoms with Crippen molar-refractivity contribution in [2.45, 2.75) is 33.3 Å². The highest BCUT2D eigenvalue weighted by Gasteiger charge is 2.19. The normalized spacial score (nSPS) is 16.5. The molecule has 0 radical (unpaired) electrons. The van der Waals surface area contributed by atoms with Gasteiger partial charge in [-0.1, -0.05) is 20.8 Å². The van der Waals surface area contributed by atoms with Gasteiger partial charge in [0.25, 0.3) is 0 Å². The molecule has 0 aliphatic heterocycles. The van der Waals surface area contributed by atoms with E-state index in [0.29, 0.717) is 18.3 Å². The summed E-state index contributed by atoms with van der Waals surface area (Å²) in [4.78, 5) is 10.2. The molecule has 0 spiro atoms. The van der Waals surface area contributed by atoms with Crippen LogP contribution in [0.2, 0.25) is 0 Å². The molecule has 0 aliphatic rings. The summed E-state index contributed by atoms with van der Waals surface area (Å²) in [6.45, 7) is 6.26. The molecule has 0 unspecified atom stereocenters. The Morgan fingerprint density at radius 3 is 2.18 bits per heavy atom. The summed E-state index contributed by atoms with van der Waals surface area (Å²) in [5.74, 6) is 0.812. The molecule has 0 aromatic heterocycles. The number of methoxy groups -OCH3 is 1. The molecule has 0 aromatic rings. The number of carbonyl (C=O) groups excluding carboxylic acids is 1. The Balaban J connectivity index is 3.90. The lowest BCUT2D eigenvalue weighted by atomic mass is 9.93. The smallest absolute Gasteiger partial charge is 0.120 e. The van der Waals surface area contributed by atoms with E-state index >= 15 is 0 Å². The van der Waals surface area contributed by atoms with Crippen LogP contribution in [0.25, 0.3) is 0 Å². The van der Waals surface area contributed by atoms with Crippen molar-refractivity contribution in [2.24, 2.45) is 11.8 Å². The van der Waals surface area contributed by atoms with Gasteiger partial charge < -0.3 is 9.53 Å². The molecule has 0 saturated heterocycles. The van der Waals surface area contributed by atoms with E-state index in [9.17, 15) is 4.79 Å². The standard InChI is InChI=1S/C9H18O2/c1-7(2)9(11-4)8(3)5-6-10/h6-9H,5H2,1-4H3/t8-,9+/m1/s1. The van der Waals surface area contributed by atoms with Crippen LogP contribution in [-0.2, 0) is 9.53 Å². The van der Waals surface area contributed by atoms with Gasteiger partial charge in [0.1, 0.15) is 6.29 Å². The summed E-state index contributed by atoms with van der Waals surface area (Å²) in [5.41, 5.74) is 0. The molecule has 0 aromatic carbocycles. The van der Waals surface area contributed by atoms with Gasteiger partial charge in [0.05, 0.1) is 6.10 Å². The van der Waals surface area contributed by atoms with Crippen molar-refractivity contribution in [1.29, 1.82) is 0 Å². The van der Waals surface area contributed by atoms with E-state index in [1.165, 1.54) is 0 Å². The van der Waals surface area contributed by atoms with E-state index in [-0.39, 0.29) is 6.10 Å². The number of carbonyl (C=O) groups is 1. The molecule has 0 bridgehead atoms. The predicted octanol–water partition coefficient (Wildman–Crippen LogP) is 1.88. The van der Waals surface area contributed by atoms with Crippen LogP contribution in [0.3, 0.4) is 0 Å². The van der Waals surface area contributed by atoms with E-state index in [1.54, 1.807) is 7.11 Å². The lowest BCUT2D eigenvalue weighted by molar-refractivity contribution is -0.109. The minimum Gasteiger partial charge on any atom is -0.381 e. The number of hydrogen-bond donors (Lipinski definition) is 0. The molecule has 0 fully saturated rings. The summed E-state index contributed by atoms with van der Waals surface area (Å²) in [6.07, 6.45) is 1.76. The summed E-state index contributed by atoms with van der Waals surface area (Å²) < 4.78 is 5.27. The molecule has 66 valence electrons. The molecular weight excluding hydrogens is 140 g/mol. The fourth-order valence-corrected chi connectivity index (χ4v) is 1.45. The van der Waals surface area contributed by atoms with Crippen LogP contribution >= 0.6 is 0 Å². The van der Waals surface area contributed by atoms with Crippen molar-refractivity contribution in [3.8, 4) is 0 Å². The molecule has 0 rings (SSSR count). The molecule has 0 amide bonds. The molecule has 2 heteroatoms. The number of hydrogen-bond acceptors (Lipinski definition) is 2. The largest absolute Gasteiger partial charge is 0.381 e. The van der Waals surface area contributed by atoms with E-state index in [0.717, 1.165) is 6.29 Å². The Labute approximate surface area is 68.9 Å². The second kappa shape index (κ2) is 5.30. The van der Waals surface area contributed by atoms with Gasteiger partial charge in [0, 0.05) is 13.5 Å². The molecule has 2 atom stereocenters. The maximum absolute atomic E-state index is 10.2. The molecule has 0 heterocycles. The summed E-state index contributed by atoms with van der Waals surface area (Å²) in [5, 5.41) is 0. The predicted molar refractivity (Wildman–Crippen MR) is 45.5 cm³/mol. The second-order valence-electron chi connectivity index (χ2n) is 3.32. The van der Waals surface area contributed by atoms with Gasteiger partial charge in [0.2, 0.25) is 0 Å². The third-order valence-electron chi connectivity index (χ3n) is 1.96. The van der Waals surface area contributed by atoms with Crippen LogP contribution < -0.4 is 0 Å². The Bertz CT molecular complexity index is 110. The quantitative estimate of drug-likeness (QED) is 0.571. The first kappa shape index (κ1) is 10.6. The first-order valence-corrected chi connectivity index (χ1v) is 4.09.